The first-order valence-corrected chi connectivity index (χ1v) is 11.9. The molecular formula is C25H23N3O5S. The van der Waals surface area contributed by atoms with Crippen LogP contribution in [0.5, 0.6) is 11.5 Å². The molecule has 2 amide bonds. The van der Waals surface area contributed by atoms with Gasteiger partial charge in [0.05, 0.1) is 29.5 Å². The molecule has 0 saturated carbocycles. The first kappa shape index (κ1) is 22.1. The van der Waals surface area contributed by atoms with Crippen molar-refractivity contribution in [1.29, 1.82) is 0 Å². The summed E-state index contributed by atoms with van der Waals surface area (Å²) in [6.45, 7) is 0.617. The Morgan fingerprint density at radius 3 is 2.62 bits per heavy atom. The van der Waals surface area contributed by atoms with Gasteiger partial charge in [0.25, 0.3) is 0 Å². The van der Waals surface area contributed by atoms with E-state index in [-0.39, 0.29) is 43.1 Å². The highest BCUT2D eigenvalue weighted by Gasteiger charge is 2.33. The van der Waals surface area contributed by atoms with Gasteiger partial charge in [-0.2, -0.15) is 0 Å². The van der Waals surface area contributed by atoms with Gasteiger partial charge < -0.3 is 20.1 Å². The summed E-state index contributed by atoms with van der Waals surface area (Å²) in [5.74, 6) is 0.278. The zero-order valence-electron chi connectivity index (χ0n) is 18.3. The van der Waals surface area contributed by atoms with E-state index in [1.807, 2.05) is 54.6 Å². The molecule has 174 valence electrons. The van der Waals surface area contributed by atoms with Gasteiger partial charge >= 0.3 is 0 Å². The number of aromatic nitrogens is 1. The first-order valence-electron chi connectivity index (χ1n) is 11.1. The van der Waals surface area contributed by atoms with E-state index in [2.05, 4.69) is 15.6 Å². The molecule has 1 aromatic heterocycles. The number of fused-ring (bicyclic) bond motifs is 2. The van der Waals surface area contributed by atoms with E-state index < -0.39 is 5.92 Å². The summed E-state index contributed by atoms with van der Waals surface area (Å²) >= 11 is 1.16. The maximum absolute atomic E-state index is 12.8. The van der Waals surface area contributed by atoms with Gasteiger partial charge in [-0.1, -0.05) is 53.8 Å². The highest BCUT2D eigenvalue weighted by Crippen LogP contribution is 2.33. The van der Waals surface area contributed by atoms with Gasteiger partial charge in [0, 0.05) is 12.8 Å². The number of amides is 2. The minimum absolute atomic E-state index is 0.114. The average Bonchev–Trinajstić information content (AvgIpc) is 3.25. The van der Waals surface area contributed by atoms with Gasteiger partial charge in [-0.15, -0.1) is 0 Å². The molecule has 2 N–H and O–H groups in total. The molecule has 0 bridgehead atoms. The Kier molecular flexibility index (Phi) is 6.27. The number of thiazole rings is 1. The molecular weight excluding hydrogens is 454 g/mol. The number of para-hydroxylation sites is 2. The normalized spacial score (nSPS) is 18.6. The number of hydrogen-bond donors (Lipinski definition) is 2. The van der Waals surface area contributed by atoms with Gasteiger partial charge in [-0.25, -0.2) is 4.98 Å². The van der Waals surface area contributed by atoms with Crippen LogP contribution in [0.3, 0.4) is 0 Å². The van der Waals surface area contributed by atoms with Crippen molar-refractivity contribution in [3.05, 3.63) is 70.7 Å². The van der Waals surface area contributed by atoms with Crippen molar-refractivity contribution in [3.63, 3.8) is 0 Å². The number of nitrogens with one attached hydrogen (secondary N) is 2. The van der Waals surface area contributed by atoms with Crippen molar-refractivity contribution in [2.75, 3.05) is 18.5 Å². The number of ether oxygens (including phenoxy) is 2. The molecule has 2 aliphatic rings. The van der Waals surface area contributed by atoms with Crippen LogP contribution < -0.4 is 20.1 Å². The second-order valence-electron chi connectivity index (χ2n) is 8.28. The molecule has 9 heteroatoms. The molecule has 34 heavy (non-hydrogen) atoms. The zero-order valence-corrected chi connectivity index (χ0v) is 19.1. The number of benzene rings is 2. The Bertz CT molecular complexity index is 1230. The number of carbonyl (C=O) groups is 3. The van der Waals surface area contributed by atoms with Gasteiger partial charge in [0.15, 0.2) is 22.4 Å². The Morgan fingerprint density at radius 2 is 1.79 bits per heavy atom. The first-order chi connectivity index (χ1) is 16.5. The summed E-state index contributed by atoms with van der Waals surface area (Å²) in [6.07, 6.45) is 0.382. The van der Waals surface area contributed by atoms with E-state index in [0.29, 0.717) is 40.2 Å². The average molecular weight is 478 g/mol. The lowest BCUT2D eigenvalue weighted by molar-refractivity contribution is -0.125. The Morgan fingerprint density at radius 1 is 1.03 bits per heavy atom. The quantitative estimate of drug-likeness (QED) is 0.565. The maximum Gasteiger partial charge on any atom is 0.230 e. The molecule has 0 saturated heterocycles. The number of nitrogens with zero attached hydrogens (tertiary/aromatic N) is 1. The molecule has 0 spiro atoms. The summed E-state index contributed by atoms with van der Waals surface area (Å²) in [5, 5.41) is 6.04. The van der Waals surface area contributed by atoms with Crippen LogP contribution >= 0.6 is 11.3 Å². The third-order valence-electron chi connectivity index (χ3n) is 5.72. The van der Waals surface area contributed by atoms with Crippen molar-refractivity contribution in [1.82, 2.24) is 10.3 Å². The van der Waals surface area contributed by atoms with Gasteiger partial charge in [-0.3, -0.25) is 14.4 Å². The van der Waals surface area contributed by atoms with Crippen LogP contribution in [-0.2, 0) is 22.4 Å². The summed E-state index contributed by atoms with van der Waals surface area (Å²) in [5.41, 5.74) is 1.45. The van der Waals surface area contributed by atoms with Crippen LogP contribution in [0.1, 0.15) is 27.3 Å². The topological polar surface area (TPSA) is 107 Å². The van der Waals surface area contributed by atoms with Crippen molar-refractivity contribution in [2.24, 2.45) is 5.92 Å². The van der Waals surface area contributed by atoms with E-state index in [9.17, 15) is 14.4 Å². The molecule has 2 atom stereocenters. The lowest BCUT2D eigenvalue weighted by Crippen LogP contribution is -2.44. The fraction of sp³-hybridized carbons (Fsp3) is 0.280. The molecule has 1 aliphatic heterocycles. The molecule has 2 heterocycles. The van der Waals surface area contributed by atoms with E-state index in [0.717, 1.165) is 16.9 Å². The fourth-order valence-electron chi connectivity index (χ4n) is 4.04. The van der Waals surface area contributed by atoms with Gasteiger partial charge in [0.2, 0.25) is 11.8 Å². The number of hydrogen-bond acceptors (Lipinski definition) is 7. The Labute approximate surface area is 200 Å². The summed E-state index contributed by atoms with van der Waals surface area (Å²) in [6, 6.07) is 16.8. The lowest BCUT2D eigenvalue weighted by Gasteiger charge is -2.27. The third kappa shape index (κ3) is 4.94. The second kappa shape index (κ2) is 9.64. The number of anilines is 1. The fourth-order valence-corrected chi connectivity index (χ4v) is 4.99. The molecule has 0 unspecified atom stereocenters. The van der Waals surface area contributed by atoms with Crippen LogP contribution in [0.25, 0.3) is 0 Å². The minimum atomic E-state index is -0.508. The molecule has 0 fully saturated rings. The van der Waals surface area contributed by atoms with Crippen molar-refractivity contribution in [3.8, 4) is 11.5 Å². The van der Waals surface area contributed by atoms with Crippen molar-refractivity contribution in [2.45, 2.75) is 25.4 Å². The standard InChI is InChI=1S/C25H23N3O5S/c29-19-12-16(24(31)26-13-17-14-32-20-8-4-5-9-21(20)33-17)11-18-23(19)34-25(27-18)28-22(30)10-15-6-2-1-3-7-15/h1-9,16-17H,10-14H2,(H,26,31)(H,27,28,30)/t16-,17+/m0/s1. The van der Waals surface area contributed by atoms with Crippen LogP contribution in [-0.4, -0.2) is 41.8 Å². The largest absolute Gasteiger partial charge is 0.486 e. The summed E-state index contributed by atoms with van der Waals surface area (Å²) < 4.78 is 11.5. The SMILES string of the molecule is O=C(Cc1ccccc1)Nc1nc2c(s1)C(=O)C[C@@H](C(=O)NC[C@@H]1COc3ccccc3O1)C2. The predicted octanol–water partition coefficient (Wildman–Crippen LogP) is 3.03. The number of rotatable bonds is 6. The smallest absolute Gasteiger partial charge is 0.230 e. The number of ketones is 1. The molecule has 0 radical (unpaired) electrons. The Balaban J connectivity index is 1.16. The van der Waals surface area contributed by atoms with Gasteiger partial charge in [0.1, 0.15) is 12.7 Å². The summed E-state index contributed by atoms with van der Waals surface area (Å²) in [7, 11) is 0. The molecule has 1 aliphatic carbocycles. The van der Waals surface area contributed by atoms with E-state index in [4.69, 9.17) is 9.47 Å². The Hall–Kier alpha value is -3.72. The van der Waals surface area contributed by atoms with E-state index in [1.165, 1.54) is 0 Å². The third-order valence-corrected chi connectivity index (χ3v) is 6.77. The second-order valence-corrected chi connectivity index (χ2v) is 9.28. The zero-order chi connectivity index (χ0) is 23.5. The molecule has 5 rings (SSSR count). The summed E-state index contributed by atoms with van der Waals surface area (Å²) in [4.78, 5) is 42.7. The van der Waals surface area contributed by atoms with Gasteiger partial charge in [-0.05, 0) is 17.7 Å². The van der Waals surface area contributed by atoms with Crippen LogP contribution in [0, 0.1) is 5.92 Å². The molecule has 8 nitrogen and oxygen atoms in total. The highest BCUT2D eigenvalue weighted by molar-refractivity contribution is 7.17. The highest BCUT2D eigenvalue weighted by atomic mass is 32.1. The predicted molar refractivity (Wildman–Crippen MR) is 126 cm³/mol. The lowest BCUT2D eigenvalue weighted by atomic mass is 9.89. The van der Waals surface area contributed by atoms with Crippen molar-refractivity contribution >= 4 is 34.1 Å². The minimum Gasteiger partial charge on any atom is -0.486 e. The van der Waals surface area contributed by atoms with Crippen LogP contribution in [0.2, 0.25) is 0 Å². The number of carbonyl (C=O) groups excluding carboxylic acids is 3. The molecule has 2 aromatic carbocycles. The van der Waals surface area contributed by atoms with Crippen LogP contribution in [0.15, 0.2) is 54.6 Å². The number of Topliss-reactive ketones (excluding diaryl/α,β-unsaturated/α-hetero) is 1. The van der Waals surface area contributed by atoms with E-state index in [1.54, 1.807) is 0 Å². The van der Waals surface area contributed by atoms with Crippen molar-refractivity contribution < 1.29 is 23.9 Å². The molecule has 3 aromatic rings. The van der Waals surface area contributed by atoms with Crippen LogP contribution in [0.4, 0.5) is 5.13 Å². The van der Waals surface area contributed by atoms with E-state index >= 15 is 0 Å². The monoisotopic (exact) mass is 477 g/mol. The maximum atomic E-state index is 12.8.